The number of halogens is 2. The Morgan fingerprint density at radius 3 is 2.50 bits per heavy atom. The van der Waals surface area contributed by atoms with Gasteiger partial charge >= 0.3 is 0 Å². The molecule has 124 valence electrons. The average molecular weight is 331 g/mol. The summed E-state index contributed by atoms with van der Waals surface area (Å²) in [5.41, 5.74) is 1.19. The minimum Gasteiger partial charge on any atom is -0.497 e. The van der Waals surface area contributed by atoms with Crippen LogP contribution in [0.4, 0.5) is 14.5 Å². The molecule has 0 unspecified atom stereocenters. The van der Waals surface area contributed by atoms with Crippen LogP contribution in [0.5, 0.6) is 5.75 Å². The van der Waals surface area contributed by atoms with E-state index >= 15 is 0 Å². The Bertz CT molecular complexity index is 793. The first kappa shape index (κ1) is 15.9. The lowest BCUT2D eigenvalue weighted by Gasteiger charge is -2.24. The predicted octanol–water partition coefficient (Wildman–Crippen LogP) is 2.69. The number of methoxy groups -OCH3 is 1. The smallest absolute Gasteiger partial charge is 0.193 e. The Labute approximate surface area is 137 Å². The largest absolute Gasteiger partial charge is 0.497 e. The molecule has 0 spiro atoms. The molecule has 3 rings (SSSR count). The Kier molecular flexibility index (Phi) is 4.64. The molecule has 3 aromatic rings. The second kappa shape index (κ2) is 7.03. The third kappa shape index (κ3) is 3.65. The van der Waals surface area contributed by atoms with Gasteiger partial charge in [0, 0.05) is 23.9 Å². The van der Waals surface area contributed by atoms with Crippen LogP contribution in [-0.4, -0.2) is 27.7 Å². The van der Waals surface area contributed by atoms with Gasteiger partial charge in [-0.1, -0.05) is 11.3 Å². The van der Waals surface area contributed by atoms with Gasteiger partial charge in [0.2, 0.25) is 0 Å². The van der Waals surface area contributed by atoms with Gasteiger partial charge in [0.05, 0.1) is 13.7 Å². The number of anilines is 1. The molecule has 0 aliphatic rings. The number of nitrogens with one attached hydrogen (secondary N) is 1. The van der Waals surface area contributed by atoms with Crippen LogP contribution in [0.25, 0.3) is 0 Å². The van der Waals surface area contributed by atoms with Crippen LogP contribution in [0, 0.1) is 11.6 Å². The summed E-state index contributed by atoms with van der Waals surface area (Å²) in [5, 5.41) is 13.8. The Morgan fingerprint density at radius 1 is 1.08 bits per heavy atom. The molecule has 1 heterocycles. The van der Waals surface area contributed by atoms with Gasteiger partial charge in [-0.3, -0.25) is 0 Å². The van der Waals surface area contributed by atoms with Crippen molar-refractivity contribution in [2.45, 2.75) is 13.1 Å². The Balaban J connectivity index is 1.88. The highest BCUT2D eigenvalue weighted by Crippen LogP contribution is 2.23. The first-order valence-corrected chi connectivity index (χ1v) is 7.21. The van der Waals surface area contributed by atoms with Crippen LogP contribution in [0.3, 0.4) is 0 Å². The lowest BCUT2D eigenvalue weighted by molar-refractivity contribution is 0.415. The van der Waals surface area contributed by atoms with Crippen molar-refractivity contribution in [1.82, 2.24) is 20.6 Å². The number of aromatic amines is 1. The summed E-state index contributed by atoms with van der Waals surface area (Å²) in [6.45, 7) is 0.548. The maximum atomic E-state index is 14.0. The van der Waals surface area contributed by atoms with Crippen LogP contribution < -0.4 is 9.64 Å². The third-order valence-corrected chi connectivity index (χ3v) is 3.54. The maximum Gasteiger partial charge on any atom is 0.193 e. The molecule has 1 N–H and O–H groups in total. The number of hydrogen-bond acceptors (Lipinski definition) is 5. The van der Waals surface area contributed by atoms with E-state index in [0.717, 1.165) is 11.8 Å². The van der Waals surface area contributed by atoms with Crippen LogP contribution in [-0.2, 0) is 13.1 Å². The molecule has 0 amide bonds. The van der Waals surface area contributed by atoms with Crippen molar-refractivity contribution in [2.24, 2.45) is 0 Å². The van der Waals surface area contributed by atoms with E-state index in [1.165, 1.54) is 12.1 Å². The number of benzene rings is 2. The summed E-state index contributed by atoms with van der Waals surface area (Å²) in [7, 11) is 1.58. The standard InChI is InChI=1S/C16H15F2N5O/c1-24-14-6-4-13(5-7-14)23(10-16-19-21-22-20-16)9-11-2-3-12(17)8-15(11)18/h2-8H,9-10H2,1H3,(H,19,20,21,22). The maximum absolute atomic E-state index is 14.0. The summed E-state index contributed by atoms with van der Waals surface area (Å²) in [6, 6.07) is 10.8. The molecule has 0 atom stereocenters. The summed E-state index contributed by atoms with van der Waals surface area (Å²) < 4.78 is 32.2. The molecule has 24 heavy (non-hydrogen) atoms. The zero-order chi connectivity index (χ0) is 16.9. The number of H-pyrrole nitrogens is 1. The highest BCUT2D eigenvalue weighted by Gasteiger charge is 2.14. The van der Waals surface area contributed by atoms with Gasteiger partial charge in [0.15, 0.2) is 5.82 Å². The lowest BCUT2D eigenvalue weighted by atomic mass is 10.1. The Hall–Kier alpha value is -3.03. The van der Waals surface area contributed by atoms with E-state index in [-0.39, 0.29) is 6.54 Å². The number of nitrogens with zero attached hydrogens (tertiary/aromatic N) is 4. The van der Waals surface area contributed by atoms with Crippen molar-refractivity contribution < 1.29 is 13.5 Å². The van der Waals surface area contributed by atoms with Crippen molar-refractivity contribution in [1.29, 1.82) is 0 Å². The van der Waals surface area contributed by atoms with Crippen LogP contribution in [0.15, 0.2) is 42.5 Å². The van der Waals surface area contributed by atoms with E-state index in [0.29, 0.717) is 23.7 Å². The quantitative estimate of drug-likeness (QED) is 0.752. The molecule has 0 saturated heterocycles. The van der Waals surface area contributed by atoms with Crippen molar-refractivity contribution in [2.75, 3.05) is 12.0 Å². The third-order valence-electron chi connectivity index (χ3n) is 3.54. The SMILES string of the molecule is COc1ccc(N(Cc2nn[nH]n2)Cc2ccc(F)cc2F)cc1. The van der Waals surface area contributed by atoms with Gasteiger partial charge < -0.3 is 9.64 Å². The summed E-state index contributed by atoms with van der Waals surface area (Å²) in [5.74, 6) is -0.0217. The Morgan fingerprint density at radius 2 is 1.88 bits per heavy atom. The second-order valence-corrected chi connectivity index (χ2v) is 5.12. The number of hydrogen-bond donors (Lipinski definition) is 1. The molecule has 0 aliphatic heterocycles. The number of rotatable bonds is 6. The zero-order valence-electron chi connectivity index (χ0n) is 12.9. The van der Waals surface area contributed by atoms with Crippen LogP contribution in [0.2, 0.25) is 0 Å². The highest BCUT2D eigenvalue weighted by atomic mass is 19.1. The molecule has 2 aromatic carbocycles. The minimum atomic E-state index is -0.606. The molecular formula is C16H15F2N5O. The summed E-state index contributed by atoms with van der Waals surface area (Å²) in [4.78, 5) is 1.86. The van der Waals surface area contributed by atoms with Gasteiger partial charge in [-0.15, -0.1) is 10.2 Å². The molecule has 0 fully saturated rings. The predicted molar refractivity (Wildman–Crippen MR) is 83.4 cm³/mol. The number of aromatic nitrogens is 4. The average Bonchev–Trinajstić information content (AvgIpc) is 3.10. The first-order valence-electron chi connectivity index (χ1n) is 7.21. The van der Waals surface area contributed by atoms with Gasteiger partial charge in [-0.2, -0.15) is 5.21 Å². The first-order chi connectivity index (χ1) is 11.7. The van der Waals surface area contributed by atoms with Gasteiger partial charge in [-0.05, 0) is 30.3 Å². The van der Waals surface area contributed by atoms with Crippen LogP contribution in [0.1, 0.15) is 11.4 Å². The highest BCUT2D eigenvalue weighted by molar-refractivity contribution is 5.49. The van der Waals surface area contributed by atoms with E-state index in [9.17, 15) is 8.78 Å². The monoisotopic (exact) mass is 331 g/mol. The molecule has 0 bridgehead atoms. The second-order valence-electron chi connectivity index (χ2n) is 5.12. The molecule has 0 saturated carbocycles. The van der Waals surface area contributed by atoms with Gasteiger partial charge in [0.25, 0.3) is 0 Å². The molecular weight excluding hydrogens is 316 g/mol. The summed E-state index contributed by atoms with van der Waals surface area (Å²) in [6.07, 6.45) is 0. The van der Waals surface area contributed by atoms with E-state index in [1.54, 1.807) is 19.2 Å². The molecule has 0 radical (unpaired) electrons. The fraction of sp³-hybridized carbons (Fsp3) is 0.188. The zero-order valence-corrected chi connectivity index (χ0v) is 12.9. The number of ether oxygens (including phenoxy) is 1. The fourth-order valence-electron chi connectivity index (χ4n) is 2.31. The molecule has 8 heteroatoms. The van der Waals surface area contributed by atoms with E-state index in [1.807, 2.05) is 17.0 Å². The van der Waals surface area contributed by atoms with Crippen LogP contribution >= 0.6 is 0 Å². The van der Waals surface area contributed by atoms with Gasteiger partial charge in [-0.25, -0.2) is 8.78 Å². The summed E-state index contributed by atoms with van der Waals surface area (Å²) >= 11 is 0. The topological polar surface area (TPSA) is 66.9 Å². The normalized spacial score (nSPS) is 10.6. The van der Waals surface area contributed by atoms with Crippen molar-refractivity contribution in [3.63, 3.8) is 0 Å². The molecule has 6 nitrogen and oxygen atoms in total. The molecule has 0 aliphatic carbocycles. The van der Waals surface area contributed by atoms with Crippen molar-refractivity contribution >= 4 is 5.69 Å². The molecule has 1 aromatic heterocycles. The van der Waals surface area contributed by atoms with E-state index in [2.05, 4.69) is 20.6 Å². The van der Waals surface area contributed by atoms with Gasteiger partial charge in [0.1, 0.15) is 17.4 Å². The van der Waals surface area contributed by atoms with E-state index in [4.69, 9.17) is 4.74 Å². The minimum absolute atomic E-state index is 0.229. The number of tetrazole rings is 1. The lowest BCUT2D eigenvalue weighted by Crippen LogP contribution is -2.23. The van der Waals surface area contributed by atoms with E-state index < -0.39 is 11.6 Å². The fourth-order valence-corrected chi connectivity index (χ4v) is 2.31. The van der Waals surface area contributed by atoms with Crippen molar-refractivity contribution in [3.05, 3.63) is 65.5 Å². The van der Waals surface area contributed by atoms with Crippen molar-refractivity contribution in [3.8, 4) is 5.75 Å².